The molecule has 0 bridgehead atoms. The molecule has 1 saturated carbocycles. The first-order chi connectivity index (χ1) is 5.75. The van der Waals surface area contributed by atoms with Gasteiger partial charge in [-0.3, -0.25) is 4.79 Å². The summed E-state index contributed by atoms with van der Waals surface area (Å²) in [6, 6.07) is -0.106. The highest BCUT2D eigenvalue weighted by atomic mass is 16.1. The highest BCUT2D eigenvalue weighted by Crippen LogP contribution is 2.26. The summed E-state index contributed by atoms with van der Waals surface area (Å²) >= 11 is 0. The van der Waals surface area contributed by atoms with Crippen LogP contribution in [0.5, 0.6) is 0 Å². The topological polar surface area (TPSA) is 55.1 Å². The number of rotatable bonds is 3. The second-order valence-corrected chi connectivity index (χ2v) is 3.57. The Morgan fingerprint density at radius 3 is 2.42 bits per heavy atom. The molecule has 3 nitrogen and oxygen atoms in total. The molecule has 1 fully saturated rings. The van der Waals surface area contributed by atoms with E-state index in [4.69, 9.17) is 5.73 Å². The zero-order valence-electron chi connectivity index (χ0n) is 7.68. The van der Waals surface area contributed by atoms with Gasteiger partial charge >= 0.3 is 0 Å². The number of nitrogens with one attached hydrogen (secondary N) is 1. The molecule has 1 aliphatic rings. The van der Waals surface area contributed by atoms with E-state index < -0.39 is 0 Å². The van der Waals surface area contributed by atoms with Crippen molar-refractivity contribution in [1.82, 2.24) is 5.32 Å². The molecule has 1 atom stereocenters. The summed E-state index contributed by atoms with van der Waals surface area (Å²) in [7, 11) is 1.81. The molecule has 1 amide bonds. The number of primary amides is 1. The molecule has 12 heavy (non-hydrogen) atoms. The molecule has 0 heterocycles. The quantitative estimate of drug-likeness (QED) is 0.653. The second-order valence-electron chi connectivity index (χ2n) is 3.57. The van der Waals surface area contributed by atoms with E-state index in [0.29, 0.717) is 5.92 Å². The lowest BCUT2D eigenvalue weighted by molar-refractivity contribution is -0.121. The van der Waals surface area contributed by atoms with Gasteiger partial charge in [-0.2, -0.15) is 0 Å². The summed E-state index contributed by atoms with van der Waals surface area (Å²) in [6.45, 7) is 0. The van der Waals surface area contributed by atoms with Gasteiger partial charge < -0.3 is 11.1 Å². The highest BCUT2D eigenvalue weighted by molar-refractivity contribution is 5.80. The van der Waals surface area contributed by atoms with E-state index in [9.17, 15) is 4.79 Å². The maximum Gasteiger partial charge on any atom is 0.234 e. The number of carbonyl (C=O) groups excluding carboxylic acids is 1. The summed E-state index contributed by atoms with van der Waals surface area (Å²) in [5.41, 5.74) is 5.28. The Bertz CT molecular complexity index is 153. The molecule has 0 saturated heterocycles. The minimum absolute atomic E-state index is 0.106. The predicted octanol–water partition coefficient (Wildman–Crippen LogP) is 0.640. The lowest BCUT2D eigenvalue weighted by atomic mass is 9.84. The van der Waals surface area contributed by atoms with Crippen molar-refractivity contribution in [2.75, 3.05) is 7.05 Å². The van der Waals surface area contributed by atoms with Gasteiger partial charge in [0.25, 0.3) is 0 Å². The van der Waals surface area contributed by atoms with Gasteiger partial charge in [0.15, 0.2) is 0 Å². The fourth-order valence-corrected chi connectivity index (χ4v) is 2.08. The SMILES string of the molecule is CNC(C(N)=O)C1CCCCC1. The fraction of sp³-hybridized carbons (Fsp3) is 0.889. The molecule has 1 aliphatic carbocycles. The smallest absolute Gasteiger partial charge is 0.234 e. The van der Waals surface area contributed by atoms with Crippen molar-refractivity contribution in [2.45, 2.75) is 38.1 Å². The minimum atomic E-state index is -0.204. The van der Waals surface area contributed by atoms with Gasteiger partial charge in [0.1, 0.15) is 0 Å². The van der Waals surface area contributed by atoms with E-state index in [-0.39, 0.29) is 11.9 Å². The van der Waals surface area contributed by atoms with Crippen LogP contribution in [0.25, 0.3) is 0 Å². The van der Waals surface area contributed by atoms with Crippen LogP contribution in [0.3, 0.4) is 0 Å². The molecule has 3 heteroatoms. The first-order valence-electron chi connectivity index (χ1n) is 4.72. The lowest BCUT2D eigenvalue weighted by Gasteiger charge is -2.27. The van der Waals surface area contributed by atoms with Crippen molar-refractivity contribution in [3.63, 3.8) is 0 Å². The Hall–Kier alpha value is -0.570. The molecule has 1 rings (SSSR count). The molecule has 0 aromatic heterocycles. The molecule has 0 aromatic rings. The molecular weight excluding hydrogens is 152 g/mol. The van der Waals surface area contributed by atoms with Gasteiger partial charge in [0.2, 0.25) is 5.91 Å². The van der Waals surface area contributed by atoms with Gasteiger partial charge in [-0.15, -0.1) is 0 Å². The van der Waals surface area contributed by atoms with Gasteiger partial charge in [-0.05, 0) is 25.8 Å². The van der Waals surface area contributed by atoms with Crippen molar-refractivity contribution >= 4 is 5.91 Å². The van der Waals surface area contributed by atoms with E-state index in [1.54, 1.807) is 0 Å². The van der Waals surface area contributed by atoms with Crippen molar-refractivity contribution in [2.24, 2.45) is 11.7 Å². The molecule has 3 N–H and O–H groups in total. The van der Waals surface area contributed by atoms with Crippen LogP contribution in [0.2, 0.25) is 0 Å². The van der Waals surface area contributed by atoms with E-state index in [1.807, 2.05) is 7.05 Å². The van der Waals surface area contributed by atoms with Crippen LogP contribution in [0, 0.1) is 5.92 Å². The maximum atomic E-state index is 11.0. The molecule has 70 valence electrons. The van der Waals surface area contributed by atoms with Gasteiger partial charge in [-0.1, -0.05) is 19.3 Å². The molecular formula is C9H18N2O. The highest BCUT2D eigenvalue weighted by Gasteiger charge is 2.25. The van der Waals surface area contributed by atoms with Crippen LogP contribution in [0.4, 0.5) is 0 Å². The predicted molar refractivity (Wildman–Crippen MR) is 48.6 cm³/mol. The number of nitrogens with two attached hydrogens (primary N) is 1. The average molecular weight is 170 g/mol. The standard InChI is InChI=1S/C9H18N2O/c1-11-8(9(10)12)7-5-3-2-4-6-7/h7-8,11H,2-6H2,1H3,(H2,10,12). The number of hydrogen-bond acceptors (Lipinski definition) is 2. The third kappa shape index (κ3) is 2.21. The normalized spacial score (nSPS) is 22.1. The van der Waals surface area contributed by atoms with Gasteiger partial charge in [-0.25, -0.2) is 0 Å². The number of carbonyl (C=O) groups is 1. The average Bonchev–Trinajstić information content (AvgIpc) is 2.07. The van der Waals surface area contributed by atoms with Crippen molar-refractivity contribution in [3.05, 3.63) is 0 Å². The largest absolute Gasteiger partial charge is 0.368 e. The first kappa shape index (κ1) is 9.52. The van der Waals surface area contributed by atoms with Crippen molar-refractivity contribution in [3.8, 4) is 0 Å². The molecule has 1 unspecified atom stereocenters. The fourth-order valence-electron chi connectivity index (χ4n) is 2.08. The summed E-state index contributed by atoms with van der Waals surface area (Å²) in [4.78, 5) is 11.0. The monoisotopic (exact) mass is 170 g/mol. The molecule has 0 spiro atoms. The third-order valence-corrected chi connectivity index (χ3v) is 2.74. The third-order valence-electron chi connectivity index (χ3n) is 2.74. The van der Waals surface area contributed by atoms with E-state index in [2.05, 4.69) is 5.32 Å². The summed E-state index contributed by atoms with van der Waals surface area (Å²) in [5.74, 6) is 0.269. The van der Waals surface area contributed by atoms with Crippen LogP contribution >= 0.6 is 0 Å². The Kier molecular flexibility index (Phi) is 3.53. The Morgan fingerprint density at radius 1 is 1.42 bits per heavy atom. The number of hydrogen-bond donors (Lipinski definition) is 2. The summed E-state index contributed by atoms with van der Waals surface area (Å²) in [6.07, 6.45) is 6.10. The summed E-state index contributed by atoms with van der Waals surface area (Å²) in [5, 5.41) is 3.00. The summed E-state index contributed by atoms with van der Waals surface area (Å²) < 4.78 is 0. The van der Waals surface area contributed by atoms with Crippen LogP contribution in [-0.2, 0) is 4.79 Å². The van der Waals surface area contributed by atoms with E-state index in [1.165, 1.54) is 19.3 Å². The lowest BCUT2D eigenvalue weighted by Crippen LogP contribution is -2.45. The van der Waals surface area contributed by atoms with Crippen LogP contribution in [0.15, 0.2) is 0 Å². The van der Waals surface area contributed by atoms with Crippen molar-refractivity contribution in [1.29, 1.82) is 0 Å². The number of likely N-dealkylation sites (N-methyl/N-ethyl adjacent to an activating group) is 1. The molecule has 0 radical (unpaired) electrons. The Balaban J connectivity index is 2.46. The minimum Gasteiger partial charge on any atom is -0.368 e. The second kappa shape index (κ2) is 4.45. The molecule has 0 aliphatic heterocycles. The van der Waals surface area contributed by atoms with E-state index >= 15 is 0 Å². The Morgan fingerprint density at radius 2 is 2.00 bits per heavy atom. The van der Waals surface area contributed by atoms with Crippen molar-refractivity contribution < 1.29 is 4.79 Å². The van der Waals surface area contributed by atoms with Crippen LogP contribution < -0.4 is 11.1 Å². The van der Waals surface area contributed by atoms with Crippen LogP contribution in [0.1, 0.15) is 32.1 Å². The maximum absolute atomic E-state index is 11.0. The number of amides is 1. The zero-order valence-corrected chi connectivity index (χ0v) is 7.68. The first-order valence-corrected chi connectivity index (χ1v) is 4.72. The molecule has 0 aromatic carbocycles. The Labute approximate surface area is 73.7 Å². The zero-order chi connectivity index (χ0) is 8.97. The van der Waals surface area contributed by atoms with Gasteiger partial charge in [0.05, 0.1) is 6.04 Å². The van der Waals surface area contributed by atoms with E-state index in [0.717, 1.165) is 12.8 Å². The van der Waals surface area contributed by atoms with Gasteiger partial charge in [0, 0.05) is 0 Å². The van der Waals surface area contributed by atoms with Crippen LogP contribution in [-0.4, -0.2) is 19.0 Å².